The zero-order chi connectivity index (χ0) is 12.5. The Labute approximate surface area is 87.3 Å². The molecule has 0 bridgehead atoms. The van der Waals surface area contributed by atoms with Gasteiger partial charge in [0.15, 0.2) is 23.3 Å². The third kappa shape index (κ3) is 1.73. The highest BCUT2D eigenvalue weighted by Gasteiger charge is 2.29. The van der Waals surface area contributed by atoms with Gasteiger partial charge in [-0.1, -0.05) is 0 Å². The average molecular weight is 238 g/mol. The molecule has 0 aliphatic heterocycles. The molecule has 88 valence electrons. The summed E-state index contributed by atoms with van der Waals surface area (Å²) in [6.07, 6.45) is 0. The van der Waals surface area contributed by atoms with E-state index in [4.69, 9.17) is 5.11 Å². The van der Waals surface area contributed by atoms with Crippen molar-refractivity contribution in [3.63, 3.8) is 0 Å². The van der Waals surface area contributed by atoms with E-state index in [1.807, 2.05) is 0 Å². The Bertz CT molecular complexity index is 416. The summed E-state index contributed by atoms with van der Waals surface area (Å²) in [6.45, 7) is -1.23. The van der Waals surface area contributed by atoms with Gasteiger partial charge in [-0.15, -0.1) is 0 Å². The van der Waals surface area contributed by atoms with Crippen LogP contribution in [0.15, 0.2) is 0 Å². The van der Waals surface area contributed by atoms with E-state index in [1.54, 1.807) is 0 Å². The van der Waals surface area contributed by atoms with E-state index in [-0.39, 0.29) is 0 Å². The molecule has 0 saturated heterocycles. The van der Waals surface area contributed by atoms with Gasteiger partial charge in [-0.2, -0.15) is 0 Å². The molecule has 0 atom stereocenters. The van der Waals surface area contributed by atoms with Crippen LogP contribution in [0.2, 0.25) is 0 Å². The lowest BCUT2D eigenvalue weighted by atomic mass is 10.1. The van der Waals surface area contributed by atoms with Crippen molar-refractivity contribution in [1.29, 1.82) is 0 Å². The van der Waals surface area contributed by atoms with Crippen molar-refractivity contribution >= 4 is 5.97 Å². The first kappa shape index (κ1) is 12.4. The molecule has 0 unspecified atom stereocenters. The second kappa shape index (κ2) is 4.48. The summed E-state index contributed by atoms with van der Waals surface area (Å²) in [5.74, 6) is -8.97. The van der Waals surface area contributed by atoms with Gasteiger partial charge in [-0.05, 0) is 0 Å². The molecule has 1 N–H and O–H groups in total. The Kier molecular flexibility index (Phi) is 3.48. The minimum absolute atomic E-state index is 0.803. The molecule has 0 aromatic heterocycles. The molecule has 0 aliphatic carbocycles. The van der Waals surface area contributed by atoms with Crippen molar-refractivity contribution in [2.24, 2.45) is 0 Å². The van der Waals surface area contributed by atoms with Gasteiger partial charge in [-0.3, -0.25) is 0 Å². The number of carbonyl (C=O) groups excluding carboxylic acids is 1. The van der Waals surface area contributed by atoms with Crippen LogP contribution in [-0.4, -0.2) is 18.2 Å². The molecule has 3 nitrogen and oxygen atoms in total. The molecule has 0 aliphatic rings. The van der Waals surface area contributed by atoms with Crippen molar-refractivity contribution in [3.8, 4) is 0 Å². The van der Waals surface area contributed by atoms with Crippen LogP contribution in [0.4, 0.5) is 17.6 Å². The predicted octanol–water partition coefficient (Wildman–Crippen LogP) is 1.52. The topological polar surface area (TPSA) is 46.5 Å². The fraction of sp³-hybridized carbons (Fsp3) is 0.222. The second-order valence-corrected chi connectivity index (χ2v) is 2.76. The third-order valence-electron chi connectivity index (χ3n) is 1.90. The molecular formula is C9H6F4O3. The van der Waals surface area contributed by atoms with E-state index in [1.165, 1.54) is 0 Å². The van der Waals surface area contributed by atoms with Gasteiger partial charge in [0.2, 0.25) is 0 Å². The van der Waals surface area contributed by atoms with Crippen molar-refractivity contribution < 1.29 is 32.2 Å². The van der Waals surface area contributed by atoms with Crippen LogP contribution >= 0.6 is 0 Å². The Morgan fingerprint density at radius 3 is 1.88 bits per heavy atom. The van der Waals surface area contributed by atoms with Crippen LogP contribution in [0, 0.1) is 23.3 Å². The normalized spacial score (nSPS) is 10.4. The molecule has 0 fully saturated rings. The van der Waals surface area contributed by atoms with Gasteiger partial charge in [0.25, 0.3) is 0 Å². The maximum Gasteiger partial charge on any atom is 0.344 e. The summed E-state index contributed by atoms with van der Waals surface area (Å²) in [5, 5.41) is 8.51. The minimum atomic E-state index is -1.89. The van der Waals surface area contributed by atoms with Gasteiger partial charge in [0.05, 0.1) is 19.3 Å². The van der Waals surface area contributed by atoms with E-state index >= 15 is 0 Å². The fourth-order valence-electron chi connectivity index (χ4n) is 1.10. The van der Waals surface area contributed by atoms with Crippen LogP contribution in [0.3, 0.4) is 0 Å². The summed E-state index contributed by atoms with van der Waals surface area (Å²) >= 11 is 0. The Hall–Kier alpha value is -1.63. The van der Waals surface area contributed by atoms with E-state index in [0.717, 1.165) is 7.11 Å². The van der Waals surface area contributed by atoms with E-state index in [2.05, 4.69) is 4.74 Å². The fourth-order valence-corrected chi connectivity index (χ4v) is 1.10. The van der Waals surface area contributed by atoms with Crippen LogP contribution < -0.4 is 0 Å². The summed E-state index contributed by atoms with van der Waals surface area (Å²) in [5.41, 5.74) is -2.64. The highest BCUT2D eigenvalue weighted by molar-refractivity contribution is 5.90. The number of aliphatic hydroxyl groups is 1. The molecule has 0 heterocycles. The standard InChI is InChI=1S/C9H6F4O3/c1-16-9(15)4-7(12)5(10)3(2-14)6(11)8(4)13/h14H,2H2,1H3. The summed E-state index contributed by atoms with van der Waals surface area (Å²) in [6, 6.07) is 0. The molecule has 1 aromatic rings. The minimum Gasteiger partial charge on any atom is -0.465 e. The molecule has 0 spiro atoms. The SMILES string of the molecule is COC(=O)c1c(F)c(F)c(CO)c(F)c1F. The summed E-state index contributed by atoms with van der Waals surface area (Å²) < 4.78 is 56.3. The first-order valence-electron chi connectivity index (χ1n) is 3.99. The molecule has 1 rings (SSSR count). The molecule has 7 heteroatoms. The number of benzene rings is 1. The first-order valence-corrected chi connectivity index (χ1v) is 3.99. The summed E-state index contributed by atoms with van der Waals surface area (Å²) in [7, 11) is 0.803. The monoisotopic (exact) mass is 238 g/mol. The highest BCUT2D eigenvalue weighted by Crippen LogP contribution is 2.24. The van der Waals surface area contributed by atoms with Gasteiger partial charge in [0.1, 0.15) is 5.56 Å². The van der Waals surface area contributed by atoms with Crippen molar-refractivity contribution in [1.82, 2.24) is 0 Å². The predicted molar refractivity (Wildman–Crippen MR) is 43.5 cm³/mol. The van der Waals surface area contributed by atoms with Crippen LogP contribution in [-0.2, 0) is 11.3 Å². The Morgan fingerprint density at radius 2 is 1.56 bits per heavy atom. The number of rotatable bonds is 2. The molecule has 1 aromatic carbocycles. The molecule has 0 saturated carbocycles. The van der Waals surface area contributed by atoms with E-state index < -0.39 is 47.0 Å². The van der Waals surface area contributed by atoms with Gasteiger partial charge in [0, 0.05) is 0 Å². The number of methoxy groups -OCH3 is 1. The number of esters is 1. The summed E-state index contributed by atoms with van der Waals surface area (Å²) in [4.78, 5) is 10.9. The first-order chi connectivity index (χ1) is 7.45. The maximum absolute atomic E-state index is 13.1. The number of hydrogen-bond acceptors (Lipinski definition) is 3. The molecule has 0 amide bonds. The highest BCUT2D eigenvalue weighted by atomic mass is 19.2. The van der Waals surface area contributed by atoms with Crippen molar-refractivity contribution in [2.75, 3.05) is 7.11 Å². The van der Waals surface area contributed by atoms with Crippen LogP contribution in [0.25, 0.3) is 0 Å². The lowest BCUT2D eigenvalue weighted by molar-refractivity contribution is 0.0586. The quantitative estimate of drug-likeness (QED) is 0.482. The van der Waals surface area contributed by atoms with Crippen LogP contribution in [0.1, 0.15) is 15.9 Å². The molecule has 16 heavy (non-hydrogen) atoms. The number of ether oxygens (including phenoxy) is 1. The third-order valence-corrected chi connectivity index (χ3v) is 1.90. The lowest BCUT2D eigenvalue weighted by Crippen LogP contribution is -2.14. The zero-order valence-corrected chi connectivity index (χ0v) is 7.98. The van der Waals surface area contributed by atoms with Gasteiger partial charge in [-0.25, -0.2) is 22.4 Å². The van der Waals surface area contributed by atoms with Crippen LogP contribution in [0.5, 0.6) is 0 Å². The smallest absolute Gasteiger partial charge is 0.344 e. The van der Waals surface area contributed by atoms with E-state index in [9.17, 15) is 22.4 Å². The Morgan fingerprint density at radius 1 is 1.12 bits per heavy atom. The number of hydrogen-bond donors (Lipinski definition) is 1. The lowest BCUT2D eigenvalue weighted by Gasteiger charge is -2.08. The average Bonchev–Trinajstić information content (AvgIpc) is 2.27. The Balaban J connectivity index is 3.60. The molecular weight excluding hydrogens is 232 g/mol. The largest absolute Gasteiger partial charge is 0.465 e. The number of carbonyl (C=O) groups is 1. The number of aliphatic hydroxyl groups excluding tert-OH is 1. The maximum atomic E-state index is 13.1. The van der Waals surface area contributed by atoms with Gasteiger partial charge < -0.3 is 9.84 Å². The number of halogens is 4. The van der Waals surface area contributed by atoms with E-state index in [0.29, 0.717) is 0 Å². The van der Waals surface area contributed by atoms with Crippen molar-refractivity contribution in [2.45, 2.75) is 6.61 Å². The molecule has 0 radical (unpaired) electrons. The second-order valence-electron chi connectivity index (χ2n) is 2.76. The van der Waals surface area contributed by atoms with Crippen molar-refractivity contribution in [3.05, 3.63) is 34.4 Å². The van der Waals surface area contributed by atoms with Gasteiger partial charge >= 0.3 is 5.97 Å². The zero-order valence-electron chi connectivity index (χ0n) is 7.98.